The van der Waals surface area contributed by atoms with Crippen LogP contribution in [0.15, 0.2) is 76.3 Å². The van der Waals surface area contributed by atoms with Crippen LogP contribution >= 0.6 is 35.6 Å². The van der Waals surface area contributed by atoms with Crippen LogP contribution in [0.25, 0.3) is 0 Å². The molecule has 1 aromatic heterocycles. The summed E-state index contributed by atoms with van der Waals surface area (Å²) in [6, 6.07) is 18.7. The molecule has 0 spiro atoms. The highest BCUT2D eigenvalue weighted by Crippen LogP contribution is 2.15. The van der Waals surface area contributed by atoms with Gasteiger partial charge in [-0.05, 0) is 47.9 Å². The summed E-state index contributed by atoms with van der Waals surface area (Å²) in [7, 11) is 1.73. The average Bonchev–Trinajstić information content (AvgIpc) is 3.28. The third-order valence-electron chi connectivity index (χ3n) is 4.28. The number of hydrogen-bond donors (Lipinski definition) is 3. The molecule has 3 aromatic rings. The van der Waals surface area contributed by atoms with Crippen LogP contribution in [-0.2, 0) is 13.0 Å². The van der Waals surface area contributed by atoms with Gasteiger partial charge in [0.25, 0.3) is 5.91 Å². The summed E-state index contributed by atoms with van der Waals surface area (Å²) >= 11 is 6.18. The molecule has 0 unspecified atom stereocenters. The molecule has 8 heteroatoms. The molecule has 0 saturated carbocycles. The minimum Gasteiger partial charge on any atom is -0.459 e. The SMILES string of the molecule is CN=C(NCCc1ccccc1Cl)NCc1ccc(NC(=O)c2ccco2)cc1.I. The largest absolute Gasteiger partial charge is 0.459 e. The van der Waals surface area contributed by atoms with Crippen molar-refractivity contribution >= 4 is 53.1 Å². The van der Waals surface area contributed by atoms with Gasteiger partial charge in [0.05, 0.1) is 6.26 Å². The summed E-state index contributed by atoms with van der Waals surface area (Å²) < 4.78 is 5.09. The van der Waals surface area contributed by atoms with E-state index in [1.165, 1.54) is 6.26 Å². The Hall–Kier alpha value is -2.52. The standard InChI is InChI=1S/C22H23ClN4O2.HI/c1-24-22(25-13-12-17-5-2-3-6-19(17)23)26-15-16-8-10-18(11-9-16)27-21(28)20-7-4-14-29-20;/h2-11,14H,12-13,15H2,1H3,(H,27,28)(H2,24,25,26);1H. The number of carbonyl (C=O) groups excluding carboxylic acids is 1. The first-order valence-electron chi connectivity index (χ1n) is 9.27. The molecule has 3 rings (SSSR count). The van der Waals surface area contributed by atoms with Crippen LogP contribution in [0.3, 0.4) is 0 Å². The fourth-order valence-electron chi connectivity index (χ4n) is 2.73. The van der Waals surface area contributed by atoms with E-state index in [1.807, 2.05) is 48.5 Å². The van der Waals surface area contributed by atoms with Crippen molar-refractivity contribution in [1.82, 2.24) is 10.6 Å². The van der Waals surface area contributed by atoms with E-state index in [2.05, 4.69) is 20.9 Å². The van der Waals surface area contributed by atoms with Crippen molar-refractivity contribution in [1.29, 1.82) is 0 Å². The van der Waals surface area contributed by atoms with Crippen molar-refractivity contribution < 1.29 is 9.21 Å². The van der Waals surface area contributed by atoms with Crippen LogP contribution in [0.5, 0.6) is 0 Å². The van der Waals surface area contributed by atoms with Gasteiger partial charge in [-0.2, -0.15) is 0 Å². The molecule has 3 N–H and O–H groups in total. The van der Waals surface area contributed by atoms with E-state index in [0.29, 0.717) is 18.2 Å². The van der Waals surface area contributed by atoms with Crippen LogP contribution < -0.4 is 16.0 Å². The molecule has 158 valence electrons. The number of guanidine groups is 1. The third kappa shape index (κ3) is 7.07. The lowest BCUT2D eigenvalue weighted by Gasteiger charge is -2.13. The van der Waals surface area contributed by atoms with Crippen molar-refractivity contribution in [3.8, 4) is 0 Å². The van der Waals surface area contributed by atoms with Crippen LogP contribution in [0.2, 0.25) is 5.02 Å². The number of furan rings is 1. The Morgan fingerprint density at radius 1 is 1.03 bits per heavy atom. The molecule has 0 aliphatic heterocycles. The fourth-order valence-corrected chi connectivity index (χ4v) is 2.96. The number of anilines is 1. The highest BCUT2D eigenvalue weighted by molar-refractivity contribution is 14.0. The molecular weight excluding hydrogens is 515 g/mol. The first-order valence-corrected chi connectivity index (χ1v) is 9.65. The lowest BCUT2D eigenvalue weighted by atomic mass is 10.1. The normalized spacial score (nSPS) is 10.8. The Bertz CT molecular complexity index is 960. The summed E-state index contributed by atoms with van der Waals surface area (Å²) in [5.41, 5.74) is 2.87. The Kier molecular flexibility index (Phi) is 9.69. The van der Waals surface area contributed by atoms with Crippen molar-refractivity contribution in [3.05, 3.63) is 88.8 Å². The zero-order valence-corrected chi connectivity index (χ0v) is 19.6. The second kappa shape index (κ2) is 12.2. The molecule has 0 radical (unpaired) electrons. The molecule has 1 heterocycles. The maximum atomic E-state index is 12.0. The summed E-state index contributed by atoms with van der Waals surface area (Å²) in [5.74, 6) is 0.721. The Morgan fingerprint density at radius 3 is 2.47 bits per heavy atom. The molecule has 0 aliphatic carbocycles. The van der Waals surface area contributed by atoms with Gasteiger partial charge in [0.1, 0.15) is 0 Å². The number of hydrogen-bond acceptors (Lipinski definition) is 3. The van der Waals surface area contributed by atoms with E-state index in [9.17, 15) is 4.79 Å². The second-order valence-corrected chi connectivity index (χ2v) is 6.73. The summed E-state index contributed by atoms with van der Waals surface area (Å²) in [5, 5.41) is 10.1. The Balaban J connectivity index is 0.00000320. The minimum atomic E-state index is -0.274. The summed E-state index contributed by atoms with van der Waals surface area (Å²) in [4.78, 5) is 16.2. The molecule has 0 aliphatic rings. The number of nitrogens with zero attached hydrogens (tertiary/aromatic N) is 1. The van der Waals surface area contributed by atoms with Gasteiger partial charge in [-0.1, -0.05) is 41.9 Å². The van der Waals surface area contributed by atoms with Crippen molar-refractivity contribution in [3.63, 3.8) is 0 Å². The highest BCUT2D eigenvalue weighted by Gasteiger charge is 2.08. The molecule has 2 aromatic carbocycles. The van der Waals surface area contributed by atoms with Crippen LogP contribution in [0, 0.1) is 0 Å². The van der Waals surface area contributed by atoms with Gasteiger partial charge >= 0.3 is 0 Å². The van der Waals surface area contributed by atoms with Crippen LogP contribution in [0.4, 0.5) is 5.69 Å². The molecule has 0 fully saturated rings. The van der Waals surface area contributed by atoms with Gasteiger partial charge < -0.3 is 20.4 Å². The number of carbonyl (C=O) groups is 1. The number of rotatable bonds is 7. The zero-order valence-electron chi connectivity index (χ0n) is 16.5. The summed E-state index contributed by atoms with van der Waals surface area (Å²) in [6.07, 6.45) is 2.28. The number of benzene rings is 2. The predicted molar refractivity (Wildman–Crippen MR) is 132 cm³/mol. The van der Waals surface area contributed by atoms with Crippen molar-refractivity contribution in [2.45, 2.75) is 13.0 Å². The van der Waals surface area contributed by atoms with Crippen molar-refractivity contribution in [2.24, 2.45) is 4.99 Å². The van der Waals surface area contributed by atoms with E-state index in [0.717, 1.165) is 29.1 Å². The van der Waals surface area contributed by atoms with Crippen LogP contribution in [0.1, 0.15) is 21.7 Å². The van der Waals surface area contributed by atoms with Crippen LogP contribution in [-0.4, -0.2) is 25.5 Å². The lowest BCUT2D eigenvalue weighted by Crippen LogP contribution is -2.37. The van der Waals surface area contributed by atoms with E-state index >= 15 is 0 Å². The minimum absolute atomic E-state index is 0. The van der Waals surface area contributed by atoms with E-state index < -0.39 is 0 Å². The average molecular weight is 539 g/mol. The molecular formula is C22H24ClIN4O2. The zero-order chi connectivity index (χ0) is 20.5. The number of nitrogens with one attached hydrogen (secondary N) is 3. The maximum absolute atomic E-state index is 12.0. The van der Waals surface area contributed by atoms with Crippen molar-refractivity contribution in [2.75, 3.05) is 18.9 Å². The first-order chi connectivity index (χ1) is 14.2. The topological polar surface area (TPSA) is 78.7 Å². The van der Waals surface area contributed by atoms with Gasteiger partial charge in [-0.15, -0.1) is 24.0 Å². The van der Waals surface area contributed by atoms with E-state index in [1.54, 1.807) is 19.2 Å². The fraction of sp³-hybridized carbons (Fsp3) is 0.182. The molecule has 1 amide bonds. The van der Waals surface area contributed by atoms with Gasteiger partial charge in [-0.3, -0.25) is 9.79 Å². The predicted octanol–water partition coefficient (Wildman–Crippen LogP) is 4.71. The molecule has 0 saturated heterocycles. The number of halogens is 2. The maximum Gasteiger partial charge on any atom is 0.291 e. The molecule has 0 bridgehead atoms. The van der Waals surface area contributed by atoms with Gasteiger partial charge in [0, 0.05) is 30.8 Å². The number of aliphatic imine (C=N–C) groups is 1. The molecule has 0 atom stereocenters. The quantitative estimate of drug-likeness (QED) is 0.231. The number of amides is 1. The molecule has 6 nitrogen and oxygen atoms in total. The van der Waals surface area contributed by atoms with Gasteiger partial charge in [0.15, 0.2) is 11.7 Å². The Morgan fingerprint density at radius 2 is 1.80 bits per heavy atom. The second-order valence-electron chi connectivity index (χ2n) is 6.32. The lowest BCUT2D eigenvalue weighted by molar-refractivity contribution is 0.0996. The third-order valence-corrected chi connectivity index (χ3v) is 4.65. The smallest absolute Gasteiger partial charge is 0.291 e. The summed E-state index contributed by atoms with van der Waals surface area (Å²) in [6.45, 7) is 1.33. The van der Waals surface area contributed by atoms with E-state index in [-0.39, 0.29) is 35.6 Å². The first kappa shape index (κ1) is 23.8. The Labute approximate surface area is 198 Å². The van der Waals surface area contributed by atoms with E-state index in [4.69, 9.17) is 16.0 Å². The van der Waals surface area contributed by atoms with Gasteiger partial charge in [-0.25, -0.2) is 0 Å². The monoisotopic (exact) mass is 538 g/mol. The molecule has 30 heavy (non-hydrogen) atoms. The van der Waals surface area contributed by atoms with Gasteiger partial charge in [0.2, 0.25) is 0 Å². The highest BCUT2D eigenvalue weighted by atomic mass is 127.